The SMILES string of the molecule is c1ccc2c(NC3CCCCC3)nc(C3CC3)nc2c1. The first kappa shape index (κ1) is 12.1. The van der Waals surface area contributed by atoms with Crippen LogP contribution in [0.1, 0.15) is 56.7 Å². The fourth-order valence-electron chi connectivity index (χ4n) is 3.17. The molecular formula is C17H21N3. The van der Waals surface area contributed by atoms with Gasteiger partial charge in [0.15, 0.2) is 0 Å². The van der Waals surface area contributed by atoms with Crippen molar-refractivity contribution in [3.8, 4) is 0 Å². The van der Waals surface area contributed by atoms with E-state index in [1.807, 2.05) is 0 Å². The van der Waals surface area contributed by atoms with E-state index in [1.54, 1.807) is 0 Å². The summed E-state index contributed by atoms with van der Waals surface area (Å²) in [6.07, 6.45) is 9.12. The van der Waals surface area contributed by atoms with Gasteiger partial charge in [0.1, 0.15) is 11.6 Å². The number of fused-ring (bicyclic) bond motifs is 1. The van der Waals surface area contributed by atoms with Gasteiger partial charge >= 0.3 is 0 Å². The van der Waals surface area contributed by atoms with Crippen LogP contribution in [-0.2, 0) is 0 Å². The number of anilines is 1. The minimum Gasteiger partial charge on any atom is -0.367 e. The van der Waals surface area contributed by atoms with Crippen molar-refractivity contribution in [2.24, 2.45) is 0 Å². The van der Waals surface area contributed by atoms with E-state index in [2.05, 4.69) is 29.6 Å². The Morgan fingerprint density at radius 3 is 2.50 bits per heavy atom. The fourth-order valence-corrected chi connectivity index (χ4v) is 3.17. The Labute approximate surface area is 119 Å². The Morgan fingerprint density at radius 2 is 1.70 bits per heavy atom. The Balaban J connectivity index is 1.71. The van der Waals surface area contributed by atoms with Gasteiger partial charge in [0.05, 0.1) is 5.52 Å². The van der Waals surface area contributed by atoms with Crippen molar-refractivity contribution < 1.29 is 0 Å². The molecule has 2 aliphatic rings. The van der Waals surface area contributed by atoms with Gasteiger partial charge in [-0.1, -0.05) is 31.4 Å². The van der Waals surface area contributed by atoms with Crippen molar-refractivity contribution in [1.82, 2.24) is 9.97 Å². The summed E-state index contributed by atoms with van der Waals surface area (Å²) in [6, 6.07) is 8.98. The van der Waals surface area contributed by atoms with Gasteiger partial charge in [-0.15, -0.1) is 0 Å². The van der Waals surface area contributed by atoms with Crippen LogP contribution in [0.3, 0.4) is 0 Å². The van der Waals surface area contributed by atoms with Crippen LogP contribution in [-0.4, -0.2) is 16.0 Å². The molecule has 0 bridgehead atoms. The lowest BCUT2D eigenvalue weighted by atomic mass is 9.95. The maximum Gasteiger partial charge on any atom is 0.137 e. The van der Waals surface area contributed by atoms with Crippen molar-refractivity contribution in [2.75, 3.05) is 5.32 Å². The second-order valence-electron chi connectivity index (χ2n) is 6.20. The van der Waals surface area contributed by atoms with E-state index in [1.165, 1.54) is 50.3 Å². The Morgan fingerprint density at radius 1 is 0.900 bits per heavy atom. The highest BCUT2D eigenvalue weighted by molar-refractivity contribution is 5.89. The van der Waals surface area contributed by atoms with Crippen LogP contribution in [0.4, 0.5) is 5.82 Å². The quantitative estimate of drug-likeness (QED) is 0.903. The second kappa shape index (κ2) is 5.04. The van der Waals surface area contributed by atoms with Gasteiger partial charge in [0.25, 0.3) is 0 Å². The van der Waals surface area contributed by atoms with E-state index in [0.717, 1.165) is 17.2 Å². The molecule has 0 spiro atoms. The molecule has 0 aliphatic heterocycles. The molecule has 1 N–H and O–H groups in total. The molecule has 0 unspecified atom stereocenters. The molecule has 1 aromatic carbocycles. The van der Waals surface area contributed by atoms with Gasteiger partial charge in [-0.25, -0.2) is 9.97 Å². The fraction of sp³-hybridized carbons (Fsp3) is 0.529. The molecule has 1 heterocycles. The molecule has 20 heavy (non-hydrogen) atoms. The van der Waals surface area contributed by atoms with E-state index in [0.29, 0.717) is 12.0 Å². The minimum absolute atomic E-state index is 0.592. The van der Waals surface area contributed by atoms with Crippen LogP contribution in [0, 0.1) is 0 Å². The van der Waals surface area contributed by atoms with E-state index < -0.39 is 0 Å². The molecule has 104 valence electrons. The lowest BCUT2D eigenvalue weighted by molar-refractivity contribution is 0.462. The van der Waals surface area contributed by atoms with Gasteiger partial charge < -0.3 is 5.32 Å². The largest absolute Gasteiger partial charge is 0.367 e. The maximum atomic E-state index is 4.83. The van der Waals surface area contributed by atoms with Crippen molar-refractivity contribution in [1.29, 1.82) is 0 Å². The number of rotatable bonds is 3. The first-order chi connectivity index (χ1) is 9.90. The normalized spacial score (nSPS) is 20.2. The molecule has 0 atom stereocenters. The van der Waals surface area contributed by atoms with Crippen molar-refractivity contribution >= 4 is 16.7 Å². The monoisotopic (exact) mass is 267 g/mol. The van der Waals surface area contributed by atoms with Gasteiger partial charge in [0.2, 0.25) is 0 Å². The molecule has 0 amide bonds. The summed E-state index contributed by atoms with van der Waals surface area (Å²) in [4.78, 5) is 9.57. The highest BCUT2D eigenvalue weighted by Crippen LogP contribution is 2.39. The molecule has 2 fully saturated rings. The first-order valence-electron chi connectivity index (χ1n) is 7.93. The molecule has 1 aromatic heterocycles. The third-order valence-corrected chi connectivity index (χ3v) is 4.51. The summed E-state index contributed by atoms with van der Waals surface area (Å²) in [6.45, 7) is 0. The summed E-state index contributed by atoms with van der Waals surface area (Å²) in [5.74, 6) is 2.71. The van der Waals surface area contributed by atoms with E-state index in [4.69, 9.17) is 9.97 Å². The van der Waals surface area contributed by atoms with E-state index >= 15 is 0 Å². The number of hydrogen-bond donors (Lipinski definition) is 1. The molecule has 2 saturated carbocycles. The molecule has 0 saturated heterocycles. The number of para-hydroxylation sites is 1. The van der Waals surface area contributed by atoms with Crippen LogP contribution in [0.5, 0.6) is 0 Å². The highest BCUT2D eigenvalue weighted by Gasteiger charge is 2.28. The lowest BCUT2D eigenvalue weighted by Gasteiger charge is -2.24. The predicted octanol–water partition coefficient (Wildman–Crippen LogP) is 4.25. The molecular weight excluding hydrogens is 246 g/mol. The molecule has 3 nitrogen and oxygen atoms in total. The maximum absolute atomic E-state index is 4.83. The number of hydrogen-bond acceptors (Lipinski definition) is 3. The Hall–Kier alpha value is -1.64. The zero-order valence-corrected chi connectivity index (χ0v) is 11.8. The van der Waals surface area contributed by atoms with Gasteiger partial charge in [-0.2, -0.15) is 0 Å². The molecule has 3 heteroatoms. The summed E-state index contributed by atoms with van der Waals surface area (Å²) in [5.41, 5.74) is 1.09. The Bertz CT molecular complexity index is 613. The summed E-state index contributed by atoms with van der Waals surface area (Å²) in [5, 5.41) is 4.86. The van der Waals surface area contributed by atoms with Crippen molar-refractivity contribution in [3.63, 3.8) is 0 Å². The minimum atomic E-state index is 0.592. The van der Waals surface area contributed by atoms with Gasteiger partial charge in [-0.3, -0.25) is 0 Å². The smallest absolute Gasteiger partial charge is 0.137 e. The predicted molar refractivity (Wildman–Crippen MR) is 82.0 cm³/mol. The third-order valence-electron chi connectivity index (χ3n) is 4.51. The number of nitrogens with zero attached hydrogens (tertiary/aromatic N) is 2. The molecule has 2 aliphatic carbocycles. The lowest BCUT2D eigenvalue weighted by Crippen LogP contribution is -2.23. The third kappa shape index (κ3) is 2.37. The zero-order chi connectivity index (χ0) is 13.4. The van der Waals surface area contributed by atoms with Gasteiger partial charge in [0, 0.05) is 17.3 Å². The first-order valence-corrected chi connectivity index (χ1v) is 7.93. The highest BCUT2D eigenvalue weighted by atomic mass is 15.1. The molecule has 2 aromatic rings. The average Bonchev–Trinajstić information content (AvgIpc) is 3.33. The number of nitrogens with one attached hydrogen (secondary N) is 1. The van der Waals surface area contributed by atoms with Crippen LogP contribution in [0.2, 0.25) is 0 Å². The van der Waals surface area contributed by atoms with E-state index in [9.17, 15) is 0 Å². The van der Waals surface area contributed by atoms with Crippen LogP contribution < -0.4 is 5.32 Å². The number of aromatic nitrogens is 2. The average molecular weight is 267 g/mol. The standard InChI is InChI=1S/C17H21N3/c1-2-6-13(7-3-1)18-17-14-8-4-5-9-15(14)19-16(20-17)12-10-11-12/h4-5,8-9,12-13H,1-3,6-7,10-11H2,(H,18,19,20). The van der Waals surface area contributed by atoms with Crippen LogP contribution >= 0.6 is 0 Å². The molecule has 4 rings (SSSR count). The van der Waals surface area contributed by atoms with Crippen LogP contribution in [0.15, 0.2) is 24.3 Å². The second-order valence-corrected chi connectivity index (χ2v) is 6.20. The number of benzene rings is 1. The summed E-state index contributed by atoms with van der Waals surface area (Å²) >= 11 is 0. The summed E-state index contributed by atoms with van der Waals surface area (Å²) in [7, 11) is 0. The van der Waals surface area contributed by atoms with E-state index in [-0.39, 0.29) is 0 Å². The van der Waals surface area contributed by atoms with Crippen molar-refractivity contribution in [2.45, 2.75) is 56.9 Å². The van der Waals surface area contributed by atoms with Gasteiger partial charge in [-0.05, 0) is 37.8 Å². The summed E-state index contributed by atoms with van der Waals surface area (Å²) < 4.78 is 0. The van der Waals surface area contributed by atoms with Crippen LogP contribution in [0.25, 0.3) is 10.9 Å². The topological polar surface area (TPSA) is 37.8 Å². The molecule has 0 radical (unpaired) electrons. The zero-order valence-electron chi connectivity index (χ0n) is 11.8. The Kier molecular flexibility index (Phi) is 3.06. The van der Waals surface area contributed by atoms with Crippen molar-refractivity contribution in [3.05, 3.63) is 30.1 Å².